The van der Waals surface area contributed by atoms with Crippen LogP contribution in [0.2, 0.25) is 0 Å². The molecule has 3 heterocycles. The van der Waals surface area contributed by atoms with Crippen LogP contribution in [0.1, 0.15) is 28.5 Å². The molecule has 1 aliphatic rings. The van der Waals surface area contributed by atoms with Gasteiger partial charge < -0.3 is 25.4 Å². The van der Waals surface area contributed by atoms with E-state index < -0.39 is 5.91 Å². The molecule has 2 aromatic heterocycles. The van der Waals surface area contributed by atoms with Crippen molar-refractivity contribution < 1.29 is 14.6 Å². The molecule has 10 heteroatoms. The highest BCUT2D eigenvalue weighted by Gasteiger charge is 2.17. The van der Waals surface area contributed by atoms with Crippen molar-refractivity contribution in [3.8, 4) is 17.2 Å². The Morgan fingerprint density at radius 2 is 2.06 bits per heavy atom. The summed E-state index contributed by atoms with van der Waals surface area (Å²) in [6.45, 7) is 6.62. The molecule has 10 nitrogen and oxygen atoms in total. The average Bonchev–Trinajstić information content (AvgIpc) is 2.90. The van der Waals surface area contributed by atoms with Gasteiger partial charge in [-0.15, -0.1) is 5.10 Å². The van der Waals surface area contributed by atoms with E-state index in [0.717, 1.165) is 35.6 Å². The minimum absolute atomic E-state index is 0.0186. The number of amides is 1. The van der Waals surface area contributed by atoms with Crippen molar-refractivity contribution in [3.05, 3.63) is 59.4 Å². The molecular formula is C25H27N7O3. The summed E-state index contributed by atoms with van der Waals surface area (Å²) in [7, 11) is 0. The van der Waals surface area contributed by atoms with Crippen LogP contribution in [0.5, 0.6) is 0 Å². The Kier molecular flexibility index (Phi) is 7.50. The summed E-state index contributed by atoms with van der Waals surface area (Å²) in [6, 6.07) is 12.8. The third kappa shape index (κ3) is 5.90. The normalized spacial score (nSPS) is 14.2. The molecule has 0 unspecified atom stereocenters. The number of pyridine rings is 1. The first kappa shape index (κ1) is 24.1. The smallest absolute Gasteiger partial charge is 0.276 e. The minimum atomic E-state index is -0.452. The lowest BCUT2D eigenvalue weighted by atomic mass is 10.00. The van der Waals surface area contributed by atoms with Gasteiger partial charge in [-0.2, -0.15) is 10.4 Å². The second kappa shape index (κ2) is 10.9. The SMILES string of the molecule is Cc1ccc(NC(=O)c2cc(C#N)cnn2)cc1-c1cc(N[C@H](C)CO)nc(N2CCOCC2)c1. The van der Waals surface area contributed by atoms with E-state index in [2.05, 4.69) is 25.7 Å². The molecule has 3 aromatic rings. The lowest BCUT2D eigenvalue weighted by Gasteiger charge is -2.29. The number of hydrogen-bond acceptors (Lipinski definition) is 9. The summed E-state index contributed by atoms with van der Waals surface area (Å²) in [6.07, 6.45) is 1.31. The maximum absolute atomic E-state index is 12.7. The highest BCUT2D eigenvalue weighted by molar-refractivity contribution is 6.03. The first-order valence-electron chi connectivity index (χ1n) is 11.3. The van der Waals surface area contributed by atoms with Crippen LogP contribution in [0.3, 0.4) is 0 Å². The molecule has 0 bridgehead atoms. The van der Waals surface area contributed by atoms with Gasteiger partial charge in [-0.25, -0.2) is 4.98 Å². The second-order valence-electron chi connectivity index (χ2n) is 8.35. The highest BCUT2D eigenvalue weighted by atomic mass is 16.5. The first-order chi connectivity index (χ1) is 17.0. The Morgan fingerprint density at radius 3 is 2.80 bits per heavy atom. The monoisotopic (exact) mass is 473 g/mol. The van der Waals surface area contributed by atoms with Gasteiger partial charge in [0.25, 0.3) is 5.91 Å². The minimum Gasteiger partial charge on any atom is -0.394 e. The van der Waals surface area contributed by atoms with Crippen LogP contribution in [0.25, 0.3) is 11.1 Å². The zero-order valence-electron chi connectivity index (χ0n) is 19.7. The Labute approximate surface area is 203 Å². The summed E-state index contributed by atoms with van der Waals surface area (Å²) in [5.41, 5.74) is 3.79. The van der Waals surface area contributed by atoms with Crippen LogP contribution >= 0.6 is 0 Å². The van der Waals surface area contributed by atoms with Crippen molar-refractivity contribution in [2.45, 2.75) is 19.9 Å². The predicted octanol–water partition coefficient (Wildman–Crippen LogP) is 2.60. The summed E-state index contributed by atoms with van der Waals surface area (Å²) >= 11 is 0. The molecule has 1 aliphatic heterocycles. The number of nitrogens with one attached hydrogen (secondary N) is 2. The van der Waals surface area contributed by atoms with Gasteiger partial charge in [0, 0.05) is 24.8 Å². The van der Waals surface area contributed by atoms with Crippen LogP contribution < -0.4 is 15.5 Å². The largest absolute Gasteiger partial charge is 0.394 e. The molecule has 0 aliphatic carbocycles. The number of nitriles is 1. The zero-order chi connectivity index (χ0) is 24.8. The van der Waals surface area contributed by atoms with Gasteiger partial charge in [-0.05, 0) is 60.9 Å². The van der Waals surface area contributed by atoms with Gasteiger partial charge in [0.1, 0.15) is 17.7 Å². The fraction of sp³-hybridized carbons (Fsp3) is 0.320. The molecule has 1 aromatic carbocycles. The fourth-order valence-electron chi connectivity index (χ4n) is 3.74. The Bertz CT molecular complexity index is 1250. The number of carbonyl (C=O) groups is 1. The number of aromatic nitrogens is 3. The number of aryl methyl sites for hydroxylation is 1. The van der Waals surface area contributed by atoms with E-state index in [1.54, 1.807) is 0 Å². The van der Waals surface area contributed by atoms with Gasteiger partial charge in [0.2, 0.25) is 0 Å². The maximum atomic E-state index is 12.7. The molecule has 0 spiro atoms. The average molecular weight is 474 g/mol. The third-order valence-corrected chi connectivity index (χ3v) is 5.64. The predicted molar refractivity (Wildman–Crippen MR) is 132 cm³/mol. The molecule has 1 atom stereocenters. The van der Waals surface area contributed by atoms with Crippen LogP contribution in [0, 0.1) is 18.3 Å². The lowest BCUT2D eigenvalue weighted by Crippen LogP contribution is -2.37. The fourth-order valence-corrected chi connectivity index (χ4v) is 3.74. The van der Waals surface area contributed by atoms with Crippen molar-refractivity contribution in [1.82, 2.24) is 15.2 Å². The topological polar surface area (TPSA) is 136 Å². The highest BCUT2D eigenvalue weighted by Crippen LogP contribution is 2.31. The number of ether oxygens (including phenoxy) is 1. The van der Waals surface area contributed by atoms with Crippen LogP contribution in [0.15, 0.2) is 42.6 Å². The van der Waals surface area contributed by atoms with Crippen molar-refractivity contribution in [1.29, 1.82) is 5.26 Å². The number of aliphatic hydroxyl groups is 1. The van der Waals surface area contributed by atoms with E-state index in [4.69, 9.17) is 15.0 Å². The molecule has 4 rings (SSSR count). The first-order valence-corrected chi connectivity index (χ1v) is 11.3. The summed E-state index contributed by atoms with van der Waals surface area (Å²) in [5.74, 6) is 1.02. The summed E-state index contributed by atoms with van der Waals surface area (Å²) in [4.78, 5) is 19.6. The Balaban J connectivity index is 1.67. The molecule has 3 N–H and O–H groups in total. The number of rotatable bonds is 7. The third-order valence-electron chi connectivity index (χ3n) is 5.64. The van der Waals surface area contributed by atoms with E-state index in [-0.39, 0.29) is 23.9 Å². The quantitative estimate of drug-likeness (QED) is 0.473. The number of anilines is 3. The van der Waals surface area contributed by atoms with Gasteiger partial charge in [0.05, 0.1) is 31.6 Å². The van der Waals surface area contributed by atoms with E-state index in [1.807, 2.05) is 50.2 Å². The van der Waals surface area contributed by atoms with Crippen molar-refractivity contribution in [2.24, 2.45) is 0 Å². The number of aliphatic hydroxyl groups excluding tert-OH is 1. The number of hydrogen-bond donors (Lipinski definition) is 3. The van der Waals surface area contributed by atoms with E-state index in [1.165, 1.54) is 12.3 Å². The molecule has 0 saturated carbocycles. The molecule has 35 heavy (non-hydrogen) atoms. The van der Waals surface area contributed by atoms with Crippen molar-refractivity contribution >= 4 is 23.2 Å². The standard InChI is InChI=1S/C25H27N7O3/c1-16-3-4-20(29-25(34)22-9-18(13-26)14-27-31-22)12-21(16)19-10-23(28-17(2)15-33)30-24(11-19)32-5-7-35-8-6-32/h3-4,9-12,14,17,33H,5-8,15H2,1-2H3,(H,28,30)(H,29,34)/t17-/m1/s1. The molecule has 1 saturated heterocycles. The van der Waals surface area contributed by atoms with E-state index in [0.29, 0.717) is 24.7 Å². The van der Waals surface area contributed by atoms with Crippen LogP contribution in [0.4, 0.5) is 17.3 Å². The maximum Gasteiger partial charge on any atom is 0.276 e. The summed E-state index contributed by atoms with van der Waals surface area (Å²) in [5, 5.41) is 32.2. The molecule has 1 amide bonds. The lowest BCUT2D eigenvalue weighted by molar-refractivity contribution is 0.102. The molecule has 0 radical (unpaired) electrons. The van der Waals surface area contributed by atoms with Gasteiger partial charge >= 0.3 is 0 Å². The van der Waals surface area contributed by atoms with Crippen LogP contribution in [-0.4, -0.2) is 65.1 Å². The number of benzene rings is 1. The number of carbonyl (C=O) groups excluding carboxylic acids is 1. The Hall–Kier alpha value is -4.07. The molecule has 1 fully saturated rings. The molecular weight excluding hydrogens is 446 g/mol. The van der Waals surface area contributed by atoms with E-state index >= 15 is 0 Å². The number of morpholine rings is 1. The van der Waals surface area contributed by atoms with Crippen LogP contribution in [-0.2, 0) is 4.74 Å². The van der Waals surface area contributed by atoms with Gasteiger partial charge in [0.15, 0.2) is 5.69 Å². The zero-order valence-corrected chi connectivity index (χ0v) is 19.7. The summed E-state index contributed by atoms with van der Waals surface area (Å²) < 4.78 is 5.49. The van der Waals surface area contributed by atoms with Crippen molar-refractivity contribution in [2.75, 3.05) is 48.4 Å². The Morgan fingerprint density at radius 1 is 1.26 bits per heavy atom. The van der Waals surface area contributed by atoms with Crippen molar-refractivity contribution in [3.63, 3.8) is 0 Å². The van der Waals surface area contributed by atoms with Gasteiger partial charge in [-0.1, -0.05) is 6.07 Å². The van der Waals surface area contributed by atoms with Gasteiger partial charge in [-0.3, -0.25) is 4.79 Å². The molecule has 180 valence electrons. The number of nitrogens with zero attached hydrogens (tertiary/aromatic N) is 5. The van der Waals surface area contributed by atoms with E-state index in [9.17, 15) is 9.90 Å². The second-order valence-corrected chi connectivity index (χ2v) is 8.35.